The molecule has 1 atom stereocenters. The van der Waals surface area contributed by atoms with Crippen LogP contribution in [-0.2, 0) is 11.2 Å². The van der Waals surface area contributed by atoms with Crippen molar-refractivity contribution < 1.29 is 14.3 Å². The smallest absolute Gasteiger partial charge is 0.224 e. The van der Waals surface area contributed by atoms with Crippen LogP contribution in [0.4, 0.5) is 11.4 Å². The SMILES string of the molecule is COc1ccc(C(=O)C(C)N2CCN(c3ccccc3)CC2)c2c1NC(=O)CC2. The Bertz CT molecular complexity index is 905. The number of ketones is 1. The monoisotopic (exact) mass is 393 g/mol. The summed E-state index contributed by atoms with van der Waals surface area (Å²) in [6, 6.07) is 13.8. The average Bonchev–Trinajstić information content (AvgIpc) is 2.78. The van der Waals surface area contributed by atoms with Gasteiger partial charge in [-0.05, 0) is 43.2 Å². The highest BCUT2D eigenvalue weighted by Gasteiger charge is 2.30. The molecule has 2 aliphatic heterocycles. The van der Waals surface area contributed by atoms with Crippen molar-refractivity contribution in [3.05, 3.63) is 53.6 Å². The van der Waals surface area contributed by atoms with Crippen molar-refractivity contribution in [1.82, 2.24) is 4.90 Å². The summed E-state index contributed by atoms with van der Waals surface area (Å²) in [5.74, 6) is 0.674. The maximum Gasteiger partial charge on any atom is 0.224 e. The zero-order chi connectivity index (χ0) is 20.4. The highest BCUT2D eigenvalue weighted by molar-refractivity contribution is 6.05. The van der Waals surface area contributed by atoms with E-state index in [1.807, 2.05) is 19.1 Å². The maximum atomic E-state index is 13.3. The van der Waals surface area contributed by atoms with Gasteiger partial charge in [-0.15, -0.1) is 0 Å². The predicted molar refractivity (Wildman–Crippen MR) is 114 cm³/mol. The van der Waals surface area contributed by atoms with Gasteiger partial charge in [-0.1, -0.05) is 18.2 Å². The first-order valence-electron chi connectivity index (χ1n) is 10.2. The molecule has 0 spiro atoms. The fraction of sp³-hybridized carbons (Fsp3) is 0.391. The number of benzene rings is 2. The van der Waals surface area contributed by atoms with E-state index in [0.29, 0.717) is 29.8 Å². The number of nitrogens with one attached hydrogen (secondary N) is 1. The first kappa shape index (κ1) is 19.5. The van der Waals surface area contributed by atoms with Gasteiger partial charge in [0.1, 0.15) is 5.75 Å². The summed E-state index contributed by atoms with van der Waals surface area (Å²) in [6.45, 7) is 5.48. The summed E-state index contributed by atoms with van der Waals surface area (Å²) >= 11 is 0. The molecular formula is C23H27N3O3. The van der Waals surface area contributed by atoms with Crippen molar-refractivity contribution in [3.63, 3.8) is 0 Å². The van der Waals surface area contributed by atoms with E-state index < -0.39 is 0 Å². The van der Waals surface area contributed by atoms with Crippen molar-refractivity contribution in [2.45, 2.75) is 25.8 Å². The van der Waals surface area contributed by atoms with E-state index >= 15 is 0 Å². The summed E-state index contributed by atoms with van der Waals surface area (Å²) in [4.78, 5) is 29.8. The molecule has 2 aliphatic rings. The van der Waals surface area contributed by atoms with Gasteiger partial charge in [0.2, 0.25) is 5.91 Å². The molecule has 6 nitrogen and oxygen atoms in total. The number of hydrogen-bond donors (Lipinski definition) is 1. The van der Waals surface area contributed by atoms with Gasteiger partial charge in [0.25, 0.3) is 0 Å². The van der Waals surface area contributed by atoms with Gasteiger partial charge in [0, 0.05) is 43.9 Å². The Kier molecular flexibility index (Phi) is 5.53. The highest BCUT2D eigenvalue weighted by atomic mass is 16.5. The molecule has 2 aromatic rings. The Morgan fingerprint density at radius 1 is 1.03 bits per heavy atom. The van der Waals surface area contributed by atoms with Gasteiger partial charge in [-0.2, -0.15) is 0 Å². The number of amides is 1. The molecule has 4 rings (SSSR count). The highest BCUT2D eigenvalue weighted by Crippen LogP contribution is 2.35. The number of carbonyl (C=O) groups excluding carboxylic acids is 2. The molecule has 2 heterocycles. The molecule has 1 N–H and O–H groups in total. The van der Waals surface area contributed by atoms with E-state index in [2.05, 4.69) is 39.4 Å². The number of carbonyl (C=O) groups is 2. The predicted octanol–water partition coefficient (Wildman–Crippen LogP) is 2.97. The Labute approximate surface area is 171 Å². The molecule has 1 saturated heterocycles. The van der Waals surface area contributed by atoms with Crippen LogP contribution in [0.3, 0.4) is 0 Å². The van der Waals surface area contributed by atoms with Crippen molar-refractivity contribution in [2.24, 2.45) is 0 Å². The Balaban J connectivity index is 1.49. The van der Waals surface area contributed by atoms with Crippen molar-refractivity contribution in [2.75, 3.05) is 43.5 Å². The zero-order valence-corrected chi connectivity index (χ0v) is 17.0. The fourth-order valence-corrected chi connectivity index (χ4v) is 4.26. The number of fused-ring (bicyclic) bond motifs is 1. The summed E-state index contributed by atoms with van der Waals surface area (Å²) < 4.78 is 5.38. The first-order chi connectivity index (χ1) is 14.1. The summed E-state index contributed by atoms with van der Waals surface area (Å²) in [5, 5.41) is 2.88. The number of anilines is 2. The second-order valence-electron chi connectivity index (χ2n) is 7.62. The number of piperazine rings is 1. The van der Waals surface area contributed by atoms with Crippen LogP contribution in [0.15, 0.2) is 42.5 Å². The number of methoxy groups -OCH3 is 1. The minimum atomic E-state index is -0.206. The number of rotatable bonds is 5. The largest absolute Gasteiger partial charge is 0.495 e. The minimum Gasteiger partial charge on any atom is -0.495 e. The van der Waals surface area contributed by atoms with Gasteiger partial charge >= 0.3 is 0 Å². The standard InChI is InChI=1S/C23H27N3O3/c1-16(25-12-14-26(15-13-25)17-6-4-3-5-7-17)23(28)19-8-10-20(29-2)22-18(19)9-11-21(27)24-22/h3-8,10,16H,9,11-15H2,1-2H3,(H,24,27). The lowest BCUT2D eigenvalue weighted by atomic mass is 9.91. The number of hydrogen-bond acceptors (Lipinski definition) is 5. The topological polar surface area (TPSA) is 61.9 Å². The third-order valence-corrected chi connectivity index (χ3v) is 5.99. The molecule has 1 unspecified atom stereocenters. The Morgan fingerprint density at radius 2 is 1.76 bits per heavy atom. The molecule has 0 radical (unpaired) electrons. The van der Waals surface area contributed by atoms with E-state index in [9.17, 15) is 9.59 Å². The van der Waals surface area contributed by atoms with Crippen molar-refractivity contribution >= 4 is 23.1 Å². The quantitative estimate of drug-likeness (QED) is 0.792. The molecule has 0 saturated carbocycles. The molecule has 1 amide bonds. The number of ether oxygens (including phenoxy) is 1. The number of para-hydroxylation sites is 1. The van der Waals surface area contributed by atoms with E-state index in [-0.39, 0.29) is 17.7 Å². The lowest BCUT2D eigenvalue weighted by Gasteiger charge is -2.38. The van der Waals surface area contributed by atoms with Crippen LogP contribution in [0, 0.1) is 0 Å². The normalized spacial score (nSPS) is 18.0. The first-order valence-corrected chi connectivity index (χ1v) is 10.2. The summed E-state index contributed by atoms with van der Waals surface area (Å²) in [7, 11) is 1.58. The zero-order valence-electron chi connectivity index (χ0n) is 17.0. The molecule has 0 bridgehead atoms. The number of Topliss-reactive ketones (excluding diaryl/α,β-unsaturated/α-hetero) is 1. The molecule has 152 valence electrons. The molecule has 29 heavy (non-hydrogen) atoms. The summed E-state index contributed by atoms with van der Waals surface area (Å²) in [6.07, 6.45) is 0.957. The molecule has 2 aromatic carbocycles. The van der Waals surface area contributed by atoms with Crippen LogP contribution in [0.25, 0.3) is 0 Å². The van der Waals surface area contributed by atoms with Gasteiger partial charge < -0.3 is 15.0 Å². The molecule has 6 heteroatoms. The van der Waals surface area contributed by atoms with Crippen LogP contribution in [0.5, 0.6) is 5.75 Å². The van der Waals surface area contributed by atoms with Crippen LogP contribution >= 0.6 is 0 Å². The van der Waals surface area contributed by atoms with E-state index in [1.54, 1.807) is 13.2 Å². The number of nitrogens with zero attached hydrogens (tertiary/aromatic N) is 2. The van der Waals surface area contributed by atoms with Crippen LogP contribution in [0.2, 0.25) is 0 Å². The second kappa shape index (κ2) is 8.25. The Morgan fingerprint density at radius 3 is 2.45 bits per heavy atom. The lowest BCUT2D eigenvalue weighted by molar-refractivity contribution is -0.116. The van der Waals surface area contributed by atoms with Crippen LogP contribution in [-0.4, -0.2) is 55.9 Å². The van der Waals surface area contributed by atoms with Crippen LogP contribution in [0.1, 0.15) is 29.3 Å². The van der Waals surface area contributed by atoms with Gasteiger partial charge in [-0.25, -0.2) is 0 Å². The second-order valence-corrected chi connectivity index (χ2v) is 7.62. The van der Waals surface area contributed by atoms with E-state index in [0.717, 1.165) is 31.7 Å². The maximum absolute atomic E-state index is 13.3. The fourth-order valence-electron chi connectivity index (χ4n) is 4.26. The van der Waals surface area contributed by atoms with Crippen molar-refractivity contribution in [1.29, 1.82) is 0 Å². The van der Waals surface area contributed by atoms with Gasteiger partial charge in [0.15, 0.2) is 5.78 Å². The third kappa shape index (κ3) is 3.85. The van der Waals surface area contributed by atoms with Gasteiger partial charge in [0.05, 0.1) is 18.8 Å². The molecule has 0 aromatic heterocycles. The van der Waals surface area contributed by atoms with E-state index in [4.69, 9.17) is 4.74 Å². The Hall–Kier alpha value is -2.86. The molecule has 1 fully saturated rings. The molecular weight excluding hydrogens is 366 g/mol. The molecule has 0 aliphatic carbocycles. The van der Waals surface area contributed by atoms with E-state index in [1.165, 1.54) is 5.69 Å². The minimum absolute atomic E-state index is 0.0366. The van der Waals surface area contributed by atoms with Crippen molar-refractivity contribution in [3.8, 4) is 5.75 Å². The summed E-state index contributed by atoms with van der Waals surface area (Å²) in [5.41, 5.74) is 3.46. The average molecular weight is 393 g/mol. The lowest BCUT2D eigenvalue weighted by Crippen LogP contribution is -2.52. The van der Waals surface area contributed by atoms with Crippen LogP contribution < -0.4 is 15.0 Å². The third-order valence-electron chi connectivity index (χ3n) is 5.99. The van der Waals surface area contributed by atoms with Gasteiger partial charge in [-0.3, -0.25) is 14.5 Å².